The SMILES string of the molecule is C=CC(C)Oc1ccc(C)cc1N. The van der Waals surface area contributed by atoms with Gasteiger partial charge in [0, 0.05) is 0 Å². The molecule has 0 aromatic heterocycles. The quantitative estimate of drug-likeness (QED) is 0.568. The molecule has 0 saturated heterocycles. The molecule has 2 heteroatoms. The first-order valence-corrected chi connectivity index (χ1v) is 4.29. The zero-order valence-electron chi connectivity index (χ0n) is 8.08. The van der Waals surface area contributed by atoms with Gasteiger partial charge in [0.2, 0.25) is 0 Å². The topological polar surface area (TPSA) is 35.2 Å². The van der Waals surface area contributed by atoms with Crippen molar-refractivity contribution >= 4 is 5.69 Å². The van der Waals surface area contributed by atoms with Gasteiger partial charge in [-0.2, -0.15) is 0 Å². The molecule has 0 aliphatic rings. The van der Waals surface area contributed by atoms with E-state index < -0.39 is 0 Å². The Labute approximate surface area is 79.0 Å². The largest absolute Gasteiger partial charge is 0.485 e. The molecular formula is C11H15NO. The minimum absolute atomic E-state index is 0.00925. The number of hydrogen-bond acceptors (Lipinski definition) is 2. The highest BCUT2D eigenvalue weighted by Gasteiger charge is 2.02. The Hall–Kier alpha value is -1.44. The van der Waals surface area contributed by atoms with Crippen LogP contribution in [0.5, 0.6) is 5.75 Å². The number of nitrogen functional groups attached to an aromatic ring is 1. The van der Waals surface area contributed by atoms with E-state index in [0.29, 0.717) is 5.69 Å². The zero-order chi connectivity index (χ0) is 9.84. The molecule has 0 fully saturated rings. The summed E-state index contributed by atoms with van der Waals surface area (Å²) in [5.41, 5.74) is 7.58. The summed E-state index contributed by atoms with van der Waals surface area (Å²) >= 11 is 0. The summed E-state index contributed by atoms with van der Waals surface area (Å²) in [4.78, 5) is 0. The molecule has 13 heavy (non-hydrogen) atoms. The number of anilines is 1. The van der Waals surface area contributed by atoms with Crippen LogP contribution in [0.25, 0.3) is 0 Å². The smallest absolute Gasteiger partial charge is 0.143 e. The Morgan fingerprint density at radius 1 is 1.54 bits per heavy atom. The molecule has 1 aromatic rings. The predicted molar refractivity (Wildman–Crippen MR) is 55.9 cm³/mol. The van der Waals surface area contributed by atoms with Gasteiger partial charge in [0.15, 0.2) is 0 Å². The van der Waals surface area contributed by atoms with Crippen LogP contribution in [0.4, 0.5) is 5.69 Å². The molecule has 0 heterocycles. The third-order valence-electron chi connectivity index (χ3n) is 1.81. The maximum Gasteiger partial charge on any atom is 0.143 e. The summed E-state index contributed by atoms with van der Waals surface area (Å²) in [7, 11) is 0. The molecule has 0 saturated carbocycles. The van der Waals surface area contributed by atoms with Crippen LogP contribution in [0.3, 0.4) is 0 Å². The van der Waals surface area contributed by atoms with Crippen LogP contribution >= 0.6 is 0 Å². The van der Waals surface area contributed by atoms with Crippen molar-refractivity contribution < 1.29 is 4.74 Å². The highest BCUT2D eigenvalue weighted by molar-refractivity contribution is 5.54. The molecule has 0 aliphatic heterocycles. The maximum atomic E-state index is 5.77. The molecule has 0 bridgehead atoms. The number of aryl methyl sites for hydroxylation is 1. The molecule has 1 atom stereocenters. The molecule has 2 nitrogen and oxygen atoms in total. The van der Waals surface area contributed by atoms with Gasteiger partial charge in [-0.15, -0.1) is 0 Å². The minimum Gasteiger partial charge on any atom is -0.485 e. The van der Waals surface area contributed by atoms with Crippen LogP contribution in [0, 0.1) is 6.92 Å². The third kappa shape index (κ3) is 2.51. The minimum atomic E-state index is -0.00925. The number of benzene rings is 1. The molecule has 1 unspecified atom stereocenters. The lowest BCUT2D eigenvalue weighted by molar-refractivity contribution is 0.272. The Morgan fingerprint density at radius 3 is 2.77 bits per heavy atom. The van der Waals surface area contributed by atoms with E-state index in [1.165, 1.54) is 0 Å². The number of rotatable bonds is 3. The van der Waals surface area contributed by atoms with Gasteiger partial charge >= 0.3 is 0 Å². The Balaban J connectivity index is 2.83. The van der Waals surface area contributed by atoms with E-state index >= 15 is 0 Å². The highest BCUT2D eigenvalue weighted by Crippen LogP contribution is 2.23. The standard InChI is InChI=1S/C11H15NO/c1-4-9(3)13-11-6-5-8(2)7-10(11)12/h4-7,9H,1,12H2,2-3H3. The molecule has 0 aliphatic carbocycles. The van der Waals surface area contributed by atoms with E-state index in [0.717, 1.165) is 11.3 Å². The first kappa shape index (κ1) is 9.65. The van der Waals surface area contributed by atoms with E-state index in [1.807, 2.05) is 32.0 Å². The van der Waals surface area contributed by atoms with Crippen LogP contribution in [0.15, 0.2) is 30.9 Å². The van der Waals surface area contributed by atoms with Crippen LogP contribution in [0.2, 0.25) is 0 Å². The fourth-order valence-corrected chi connectivity index (χ4v) is 1.02. The van der Waals surface area contributed by atoms with Gasteiger partial charge in [-0.1, -0.05) is 18.7 Å². The Bertz CT molecular complexity index is 307. The highest BCUT2D eigenvalue weighted by atomic mass is 16.5. The number of ether oxygens (including phenoxy) is 1. The summed E-state index contributed by atoms with van der Waals surface area (Å²) < 4.78 is 5.51. The van der Waals surface area contributed by atoms with Crippen molar-refractivity contribution in [2.45, 2.75) is 20.0 Å². The average Bonchev–Trinajstić information content (AvgIpc) is 2.09. The molecule has 2 N–H and O–H groups in total. The normalized spacial score (nSPS) is 12.2. The van der Waals surface area contributed by atoms with Gasteiger partial charge in [-0.25, -0.2) is 0 Å². The summed E-state index contributed by atoms with van der Waals surface area (Å²) in [6.07, 6.45) is 1.73. The van der Waals surface area contributed by atoms with Crippen molar-refractivity contribution in [1.82, 2.24) is 0 Å². The van der Waals surface area contributed by atoms with E-state index in [2.05, 4.69) is 6.58 Å². The second-order valence-corrected chi connectivity index (χ2v) is 3.10. The second-order valence-electron chi connectivity index (χ2n) is 3.10. The van der Waals surface area contributed by atoms with E-state index in [9.17, 15) is 0 Å². The van der Waals surface area contributed by atoms with Crippen LogP contribution in [-0.2, 0) is 0 Å². The molecule has 0 spiro atoms. The van der Waals surface area contributed by atoms with Crippen molar-refractivity contribution in [3.63, 3.8) is 0 Å². The summed E-state index contributed by atoms with van der Waals surface area (Å²) in [5.74, 6) is 0.720. The van der Waals surface area contributed by atoms with Crippen molar-refractivity contribution in [1.29, 1.82) is 0 Å². The van der Waals surface area contributed by atoms with Gasteiger partial charge < -0.3 is 10.5 Å². The Morgan fingerprint density at radius 2 is 2.23 bits per heavy atom. The number of hydrogen-bond donors (Lipinski definition) is 1. The van der Waals surface area contributed by atoms with Gasteiger partial charge in [-0.05, 0) is 31.5 Å². The van der Waals surface area contributed by atoms with Crippen LogP contribution in [-0.4, -0.2) is 6.10 Å². The van der Waals surface area contributed by atoms with Crippen LogP contribution in [0.1, 0.15) is 12.5 Å². The summed E-state index contributed by atoms with van der Waals surface area (Å²) in [6, 6.07) is 5.75. The molecular weight excluding hydrogens is 162 g/mol. The van der Waals surface area contributed by atoms with Crippen LogP contribution < -0.4 is 10.5 Å². The fraction of sp³-hybridized carbons (Fsp3) is 0.273. The van der Waals surface area contributed by atoms with E-state index in [4.69, 9.17) is 10.5 Å². The molecule has 0 radical (unpaired) electrons. The number of nitrogens with two attached hydrogens (primary N) is 1. The summed E-state index contributed by atoms with van der Waals surface area (Å²) in [6.45, 7) is 7.56. The maximum absolute atomic E-state index is 5.77. The van der Waals surface area contributed by atoms with Crippen molar-refractivity contribution in [3.8, 4) is 5.75 Å². The zero-order valence-corrected chi connectivity index (χ0v) is 8.08. The van der Waals surface area contributed by atoms with Gasteiger partial charge in [0.1, 0.15) is 11.9 Å². The molecule has 0 amide bonds. The van der Waals surface area contributed by atoms with Gasteiger partial charge in [0.05, 0.1) is 5.69 Å². The monoisotopic (exact) mass is 177 g/mol. The predicted octanol–water partition coefficient (Wildman–Crippen LogP) is 2.53. The van der Waals surface area contributed by atoms with Crippen molar-refractivity contribution in [2.75, 3.05) is 5.73 Å². The van der Waals surface area contributed by atoms with E-state index in [1.54, 1.807) is 6.08 Å². The van der Waals surface area contributed by atoms with Gasteiger partial charge in [0.25, 0.3) is 0 Å². The van der Waals surface area contributed by atoms with Crippen molar-refractivity contribution in [2.24, 2.45) is 0 Å². The first-order valence-electron chi connectivity index (χ1n) is 4.29. The Kier molecular flexibility index (Phi) is 2.96. The lowest BCUT2D eigenvalue weighted by atomic mass is 10.2. The average molecular weight is 177 g/mol. The summed E-state index contributed by atoms with van der Waals surface area (Å²) in [5, 5.41) is 0. The molecule has 1 aromatic carbocycles. The lowest BCUT2D eigenvalue weighted by Gasteiger charge is -2.12. The molecule has 1 rings (SSSR count). The third-order valence-corrected chi connectivity index (χ3v) is 1.81. The van der Waals surface area contributed by atoms with E-state index in [-0.39, 0.29) is 6.10 Å². The molecule has 70 valence electrons. The van der Waals surface area contributed by atoms with Gasteiger partial charge in [-0.3, -0.25) is 0 Å². The second kappa shape index (κ2) is 3.99. The lowest BCUT2D eigenvalue weighted by Crippen LogP contribution is -2.08. The van der Waals surface area contributed by atoms with Crippen molar-refractivity contribution in [3.05, 3.63) is 36.4 Å². The first-order chi connectivity index (χ1) is 6.13. The fourth-order valence-electron chi connectivity index (χ4n) is 1.02.